The van der Waals surface area contributed by atoms with Crippen LogP contribution in [-0.4, -0.2) is 32.6 Å². The van der Waals surface area contributed by atoms with Gasteiger partial charge in [-0.3, -0.25) is 19.8 Å². The average Bonchev–Trinajstić information content (AvgIpc) is 2.74. The first-order valence-electron chi connectivity index (χ1n) is 6.59. The van der Waals surface area contributed by atoms with Gasteiger partial charge in [0, 0.05) is 18.6 Å². The molecule has 1 fully saturated rings. The van der Waals surface area contributed by atoms with Crippen LogP contribution in [0.3, 0.4) is 0 Å². The molecule has 1 saturated heterocycles. The van der Waals surface area contributed by atoms with Gasteiger partial charge in [-0.2, -0.15) is 0 Å². The monoisotopic (exact) mass is 351 g/mol. The summed E-state index contributed by atoms with van der Waals surface area (Å²) in [5.41, 5.74) is 0.211. The molecule has 23 heavy (non-hydrogen) atoms. The number of nitro groups is 1. The number of carboxylic acids is 1. The molecule has 1 aromatic carbocycles. The first-order chi connectivity index (χ1) is 10.9. The second-order valence-electron chi connectivity index (χ2n) is 4.62. The molecule has 0 saturated carbocycles. The summed E-state index contributed by atoms with van der Waals surface area (Å²) in [7, 11) is 0. The van der Waals surface area contributed by atoms with Gasteiger partial charge >= 0.3 is 0 Å². The Morgan fingerprint density at radius 3 is 2.74 bits per heavy atom. The fourth-order valence-corrected chi connectivity index (χ4v) is 3.29. The Morgan fingerprint density at radius 2 is 2.09 bits per heavy atom. The molecule has 0 bridgehead atoms. The summed E-state index contributed by atoms with van der Waals surface area (Å²) in [5.74, 6) is -1.57. The van der Waals surface area contributed by atoms with Crippen LogP contribution in [0.1, 0.15) is 18.4 Å². The van der Waals surface area contributed by atoms with Crippen molar-refractivity contribution in [2.45, 2.75) is 12.8 Å². The summed E-state index contributed by atoms with van der Waals surface area (Å²) < 4.78 is 0.304. The molecule has 0 atom stereocenters. The van der Waals surface area contributed by atoms with Crippen molar-refractivity contribution in [3.63, 3.8) is 0 Å². The maximum Gasteiger partial charge on any atom is 0.276 e. The van der Waals surface area contributed by atoms with Crippen molar-refractivity contribution in [3.8, 4) is 0 Å². The Kier molecular flexibility index (Phi) is 5.45. The lowest BCUT2D eigenvalue weighted by Crippen LogP contribution is -2.30. The molecule has 1 heterocycles. The van der Waals surface area contributed by atoms with Gasteiger partial charge in [0.05, 0.1) is 15.4 Å². The van der Waals surface area contributed by atoms with Gasteiger partial charge in [0.15, 0.2) is 0 Å². The van der Waals surface area contributed by atoms with Crippen LogP contribution in [0.4, 0.5) is 5.69 Å². The van der Waals surface area contributed by atoms with Crippen LogP contribution in [0.15, 0.2) is 29.2 Å². The number of hydrogen-bond donors (Lipinski definition) is 0. The van der Waals surface area contributed by atoms with Gasteiger partial charge in [0.2, 0.25) is 0 Å². The van der Waals surface area contributed by atoms with Crippen LogP contribution in [0.2, 0.25) is 0 Å². The normalized spacial score (nSPS) is 16.2. The number of carbonyl (C=O) groups is 2. The number of thiocarbonyl (C=S) groups is 1. The van der Waals surface area contributed by atoms with E-state index in [-0.39, 0.29) is 35.9 Å². The summed E-state index contributed by atoms with van der Waals surface area (Å²) in [6, 6.07) is 6.08. The van der Waals surface area contributed by atoms with Crippen LogP contribution in [0.5, 0.6) is 0 Å². The summed E-state index contributed by atoms with van der Waals surface area (Å²) >= 11 is 6.14. The average molecular weight is 351 g/mol. The van der Waals surface area contributed by atoms with E-state index in [0.29, 0.717) is 9.88 Å². The zero-order valence-electron chi connectivity index (χ0n) is 11.8. The third-order valence-electron chi connectivity index (χ3n) is 3.06. The van der Waals surface area contributed by atoms with Gasteiger partial charge in [0.25, 0.3) is 11.6 Å². The Hall–Kier alpha value is -2.26. The predicted molar refractivity (Wildman–Crippen MR) is 87.2 cm³/mol. The van der Waals surface area contributed by atoms with Gasteiger partial charge in [-0.05, 0) is 25.0 Å². The van der Waals surface area contributed by atoms with Crippen LogP contribution in [0.25, 0.3) is 6.08 Å². The van der Waals surface area contributed by atoms with Crippen LogP contribution in [0, 0.1) is 10.1 Å². The molecule has 0 spiro atoms. The third-order valence-corrected chi connectivity index (χ3v) is 4.43. The molecule has 0 radical (unpaired) electrons. The van der Waals surface area contributed by atoms with Gasteiger partial charge < -0.3 is 9.90 Å². The van der Waals surface area contributed by atoms with Gasteiger partial charge in [-0.1, -0.05) is 36.1 Å². The number of thioether (sulfide) groups is 1. The molecule has 2 rings (SSSR count). The largest absolute Gasteiger partial charge is 0.550 e. The van der Waals surface area contributed by atoms with Crippen molar-refractivity contribution in [3.05, 3.63) is 44.8 Å². The second-order valence-corrected chi connectivity index (χ2v) is 6.30. The SMILES string of the molecule is O=C([O-])CCCN1C(=O)C(=Cc2ccccc2[N+](=O)[O-])SC1=S. The molecule has 0 N–H and O–H groups in total. The highest BCUT2D eigenvalue weighted by Gasteiger charge is 2.32. The maximum absolute atomic E-state index is 12.3. The van der Waals surface area contributed by atoms with Crippen molar-refractivity contribution >= 4 is 51.9 Å². The van der Waals surface area contributed by atoms with Gasteiger partial charge in [0.1, 0.15) is 4.32 Å². The number of carbonyl (C=O) groups excluding carboxylic acids is 2. The Labute approximate surface area is 141 Å². The van der Waals surface area contributed by atoms with Crippen LogP contribution < -0.4 is 5.11 Å². The van der Waals surface area contributed by atoms with E-state index < -0.39 is 10.9 Å². The minimum Gasteiger partial charge on any atom is -0.550 e. The van der Waals surface area contributed by atoms with Crippen molar-refractivity contribution in [1.29, 1.82) is 0 Å². The van der Waals surface area contributed by atoms with Crippen LogP contribution >= 0.6 is 24.0 Å². The minimum atomic E-state index is -1.19. The van der Waals surface area contributed by atoms with E-state index in [1.165, 1.54) is 17.0 Å². The van der Waals surface area contributed by atoms with E-state index in [0.717, 1.165) is 11.8 Å². The molecular formula is C14H11N2O5S2-. The third kappa shape index (κ3) is 4.14. The molecule has 1 aromatic rings. The predicted octanol–water partition coefficient (Wildman–Crippen LogP) is 1.33. The maximum atomic E-state index is 12.3. The van der Waals surface area contributed by atoms with Crippen molar-refractivity contribution in [2.75, 3.05) is 6.54 Å². The fraction of sp³-hybridized carbons (Fsp3) is 0.214. The molecule has 0 unspecified atom stereocenters. The van der Waals surface area contributed by atoms with E-state index in [2.05, 4.69) is 0 Å². The van der Waals surface area contributed by atoms with E-state index in [9.17, 15) is 24.8 Å². The summed E-state index contributed by atoms with van der Waals surface area (Å²) in [4.78, 5) is 34.8. The summed E-state index contributed by atoms with van der Waals surface area (Å²) in [5, 5.41) is 21.4. The molecule has 0 aliphatic carbocycles. The number of aliphatic carboxylic acids is 1. The number of para-hydroxylation sites is 1. The van der Waals surface area contributed by atoms with Gasteiger partial charge in [-0.25, -0.2) is 0 Å². The number of carboxylic acid groups (broad SMARTS) is 1. The second kappa shape index (κ2) is 7.34. The van der Waals surface area contributed by atoms with E-state index in [4.69, 9.17) is 12.2 Å². The molecule has 120 valence electrons. The van der Waals surface area contributed by atoms with Crippen molar-refractivity contribution in [2.24, 2.45) is 0 Å². The topological polar surface area (TPSA) is 104 Å². The standard InChI is InChI=1S/C14H12N2O5S2/c17-12(18)6-3-7-15-13(19)11(23-14(15)22)8-9-4-1-2-5-10(9)16(20)21/h1-2,4-5,8H,3,6-7H2,(H,17,18)/p-1. The number of amides is 1. The molecule has 1 amide bonds. The first kappa shape index (κ1) is 17.1. The highest BCUT2D eigenvalue weighted by molar-refractivity contribution is 8.26. The minimum absolute atomic E-state index is 0.102. The van der Waals surface area contributed by atoms with Crippen LogP contribution in [-0.2, 0) is 9.59 Å². The molecule has 9 heteroatoms. The van der Waals surface area contributed by atoms with Gasteiger partial charge in [-0.15, -0.1) is 0 Å². The Morgan fingerprint density at radius 1 is 1.39 bits per heavy atom. The number of benzene rings is 1. The Bertz CT molecular complexity index is 717. The quantitative estimate of drug-likeness (QED) is 0.329. The highest BCUT2D eigenvalue weighted by atomic mass is 32.2. The van der Waals surface area contributed by atoms with Crippen molar-refractivity contribution < 1.29 is 19.6 Å². The lowest BCUT2D eigenvalue weighted by molar-refractivity contribution is -0.385. The molecule has 7 nitrogen and oxygen atoms in total. The molecule has 0 aromatic heterocycles. The van der Waals surface area contributed by atoms with E-state index in [1.807, 2.05) is 0 Å². The van der Waals surface area contributed by atoms with E-state index in [1.54, 1.807) is 18.2 Å². The lowest BCUT2D eigenvalue weighted by Gasteiger charge is -2.14. The number of rotatable bonds is 6. The number of hydrogen-bond acceptors (Lipinski definition) is 7. The molecule has 1 aliphatic heterocycles. The molecular weight excluding hydrogens is 340 g/mol. The fourth-order valence-electron chi connectivity index (χ4n) is 1.99. The van der Waals surface area contributed by atoms with Crippen molar-refractivity contribution in [1.82, 2.24) is 4.90 Å². The zero-order chi connectivity index (χ0) is 17.0. The highest BCUT2D eigenvalue weighted by Crippen LogP contribution is 2.34. The molecule has 1 aliphatic rings. The lowest BCUT2D eigenvalue weighted by atomic mass is 10.1. The smallest absolute Gasteiger partial charge is 0.276 e. The summed E-state index contributed by atoms with van der Waals surface area (Å²) in [6.45, 7) is 0.173. The summed E-state index contributed by atoms with van der Waals surface area (Å²) in [6.07, 6.45) is 1.49. The number of nitrogens with zero attached hydrogens (tertiary/aromatic N) is 2. The zero-order valence-corrected chi connectivity index (χ0v) is 13.4. The number of nitro benzene ring substituents is 1. The first-order valence-corrected chi connectivity index (χ1v) is 7.81. The van der Waals surface area contributed by atoms with E-state index >= 15 is 0 Å². The Balaban J connectivity index is 2.19.